The molecular formula is C29H24N4O2S. The fraction of sp³-hybridized carbons (Fsp3) is 0.172. The predicted octanol–water partition coefficient (Wildman–Crippen LogP) is 5.94. The Morgan fingerprint density at radius 2 is 1.81 bits per heavy atom. The molecule has 0 fully saturated rings. The topological polar surface area (TPSA) is 74.7 Å². The molecule has 0 spiro atoms. The van der Waals surface area contributed by atoms with Gasteiger partial charge in [-0.1, -0.05) is 48.5 Å². The first kappa shape index (κ1) is 22.4. The van der Waals surface area contributed by atoms with Crippen LogP contribution in [0, 0.1) is 0 Å². The summed E-state index contributed by atoms with van der Waals surface area (Å²) in [6.45, 7) is 0.463. The summed E-state index contributed by atoms with van der Waals surface area (Å²) in [6, 6.07) is 21.3. The van der Waals surface area contributed by atoms with Crippen molar-refractivity contribution in [1.29, 1.82) is 0 Å². The average Bonchev–Trinajstić information content (AvgIpc) is 3.41. The number of carbonyl (C=O) groups is 2. The average molecular weight is 493 g/mol. The number of nitrogens with one attached hydrogen (secondary N) is 1. The van der Waals surface area contributed by atoms with Crippen molar-refractivity contribution in [2.24, 2.45) is 4.99 Å². The first-order chi connectivity index (χ1) is 17.7. The molecule has 36 heavy (non-hydrogen) atoms. The summed E-state index contributed by atoms with van der Waals surface area (Å²) in [7, 11) is 0. The SMILES string of the molecule is O=C(Nc1cccnc1)c1c(N=C2C(=O)N(Cc3ccccc3)c3ccccc32)sc2c1CCCC2. The van der Waals surface area contributed by atoms with Gasteiger partial charge in [-0.05, 0) is 55.0 Å². The van der Waals surface area contributed by atoms with E-state index in [1.54, 1.807) is 23.4 Å². The number of aliphatic imine (C=N–C) groups is 1. The molecule has 2 aliphatic rings. The summed E-state index contributed by atoms with van der Waals surface area (Å²) < 4.78 is 0. The van der Waals surface area contributed by atoms with E-state index in [-0.39, 0.29) is 11.8 Å². The highest BCUT2D eigenvalue weighted by Crippen LogP contribution is 2.42. The molecule has 1 aliphatic heterocycles. The van der Waals surface area contributed by atoms with E-state index in [4.69, 9.17) is 4.99 Å². The molecule has 0 unspecified atom stereocenters. The number of anilines is 2. The largest absolute Gasteiger partial charge is 0.320 e. The van der Waals surface area contributed by atoms with Crippen molar-refractivity contribution in [2.45, 2.75) is 32.2 Å². The molecule has 0 radical (unpaired) electrons. The fourth-order valence-electron chi connectivity index (χ4n) is 4.89. The first-order valence-corrected chi connectivity index (χ1v) is 12.9. The van der Waals surface area contributed by atoms with Crippen molar-refractivity contribution in [2.75, 3.05) is 10.2 Å². The van der Waals surface area contributed by atoms with Gasteiger partial charge in [-0.3, -0.25) is 14.6 Å². The van der Waals surface area contributed by atoms with Crippen LogP contribution >= 0.6 is 11.3 Å². The Morgan fingerprint density at radius 3 is 2.64 bits per heavy atom. The van der Waals surface area contributed by atoms with Gasteiger partial charge in [-0.25, -0.2) is 4.99 Å². The van der Waals surface area contributed by atoms with Crippen molar-refractivity contribution in [1.82, 2.24) is 4.98 Å². The van der Waals surface area contributed by atoms with Gasteiger partial charge in [0.05, 0.1) is 29.7 Å². The normalized spacial score (nSPS) is 15.6. The molecule has 1 N–H and O–H groups in total. The number of aromatic nitrogens is 1. The molecule has 6 rings (SSSR count). The van der Waals surface area contributed by atoms with Gasteiger partial charge < -0.3 is 10.2 Å². The van der Waals surface area contributed by atoms with Crippen molar-refractivity contribution in [3.8, 4) is 0 Å². The second-order valence-electron chi connectivity index (χ2n) is 8.94. The molecule has 1 aliphatic carbocycles. The van der Waals surface area contributed by atoms with E-state index in [1.165, 1.54) is 16.2 Å². The number of thiophene rings is 1. The number of hydrogen-bond acceptors (Lipinski definition) is 5. The van der Waals surface area contributed by atoms with Gasteiger partial charge in [0.25, 0.3) is 11.8 Å². The first-order valence-electron chi connectivity index (χ1n) is 12.1. The molecule has 2 amide bonds. The van der Waals surface area contributed by atoms with Crippen LogP contribution < -0.4 is 10.2 Å². The minimum atomic E-state index is -0.207. The quantitative estimate of drug-likeness (QED) is 0.375. The number of benzene rings is 2. The molecule has 3 heterocycles. The summed E-state index contributed by atoms with van der Waals surface area (Å²) in [6.07, 6.45) is 7.21. The van der Waals surface area contributed by atoms with Gasteiger partial charge in [0.2, 0.25) is 0 Å². The summed E-state index contributed by atoms with van der Waals surface area (Å²) in [5.74, 6) is -0.355. The molecule has 0 bridgehead atoms. The number of fused-ring (bicyclic) bond motifs is 2. The summed E-state index contributed by atoms with van der Waals surface area (Å²) in [5.41, 5.74) is 5.34. The highest BCUT2D eigenvalue weighted by Gasteiger charge is 2.35. The lowest BCUT2D eigenvalue weighted by atomic mass is 9.95. The lowest BCUT2D eigenvalue weighted by Crippen LogP contribution is -2.29. The maximum atomic E-state index is 13.7. The van der Waals surface area contributed by atoms with Gasteiger partial charge >= 0.3 is 0 Å². The molecule has 2 aromatic heterocycles. The molecule has 0 saturated heterocycles. The predicted molar refractivity (Wildman–Crippen MR) is 143 cm³/mol. The number of carbonyl (C=O) groups excluding carboxylic acids is 2. The van der Waals surface area contributed by atoms with Crippen LogP contribution in [0.15, 0.2) is 84.1 Å². The minimum Gasteiger partial charge on any atom is -0.320 e. The molecule has 2 aromatic carbocycles. The maximum absolute atomic E-state index is 13.7. The van der Waals surface area contributed by atoms with Crippen LogP contribution in [-0.2, 0) is 24.2 Å². The van der Waals surface area contributed by atoms with Crippen LogP contribution in [-0.4, -0.2) is 22.5 Å². The highest BCUT2D eigenvalue weighted by molar-refractivity contribution is 7.16. The molecule has 0 saturated carbocycles. The Kier molecular flexibility index (Phi) is 5.91. The Labute approximate surface area is 213 Å². The van der Waals surface area contributed by atoms with Gasteiger partial charge in [0.1, 0.15) is 10.7 Å². The van der Waals surface area contributed by atoms with Gasteiger partial charge in [-0.15, -0.1) is 11.3 Å². The Morgan fingerprint density at radius 1 is 1.00 bits per heavy atom. The van der Waals surface area contributed by atoms with E-state index in [0.717, 1.165) is 48.1 Å². The van der Waals surface area contributed by atoms with Crippen molar-refractivity contribution in [3.05, 3.63) is 106 Å². The van der Waals surface area contributed by atoms with Crippen LogP contribution in [0.1, 0.15) is 44.8 Å². The van der Waals surface area contributed by atoms with Crippen LogP contribution in [0.2, 0.25) is 0 Å². The van der Waals surface area contributed by atoms with Gasteiger partial charge in [-0.2, -0.15) is 0 Å². The van der Waals surface area contributed by atoms with Gasteiger partial charge in [0.15, 0.2) is 0 Å². The summed E-state index contributed by atoms with van der Waals surface area (Å²) >= 11 is 1.53. The molecule has 7 heteroatoms. The smallest absolute Gasteiger partial charge is 0.277 e. The Bertz CT molecular complexity index is 1480. The van der Waals surface area contributed by atoms with E-state index >= 15 is 0 Å². The zero-order chi connectivity index (χ0) is 24.5. The molecule has 0 atom stereocenters. The van der Waals surface area contributed by atoms with Crippen LogP contribution in [0.3, 0.4) is 0 Å². The second kappa shape index (κ2) is 9.51. The zero-order valence-corrected chi connectivity index (χ0v) is 20.4. The number of pyridine rings is 1. The van der Waals surface area contributed by atoms with E-state index < -0.39 is 0 Å². The van der Waals surface area contributed by atoms with Crippen LogP contribution in [0.4, 0.5) is 16.4 Å². The van der Waals surface area contributed by atoms with E-state index in [2.05, 4.69) is 10.3 Å². The maximum Gasteiger partial charge on any atom is 0.277 e. The number of nitrogens with zero attached hydrogens (tertiary/aromatic N) is 3. The Hall–Kier alpha value is -4.10. The van der Waals surface area contributed by atoms with Crippen molar-refractivity contribution >= 4 is 45.2 Å². The standard InChI is InChI=1S/C29H24N4O2S/c34-27(31-20-11-8-16-30-17-20)25-22-13-5-7-15-24(22)36-28(25)32-26-21-12-4-6-14-23(21)33(29(26)35)18-19-9-2-1-3-10-19/h1-4,6,8-12,14,16-17H,5,7,13,15,18H2,(H,31,34). The Balaban J connectivity index is 1.42. The summed E-state index contributed by atoms with van der Waals surface area (Å²) in [4.78, 5) is 39.1. The van der Waals surface area contributed by atoms with Gasteiger partial charge in [0, 0.05) is 16.6 Å². The third-order valence-corrected chi connectivity index (χ3v) is 7.78. The number of amides is 2. The number of para-hydroxylation sites is 1. The van der Waals surface area contributed by atoms with Crippen LogP contribution in [0.25, 0.3) is 0 Å². The lowest BCUT2D eigenvalue weighted by Gasteiger charge is -2.16. The summed E-state index contributed by atoms with van der Waals surface area (Å²) in [5, 5.41) is 3.57. The molecule has 4 aromatic rings. The van der Waals surface area contributed by atoms with Crippen molar-refractivity contribution < 1.29 is 9.59 Å². The third-order valence-electron chi connectivity index (χ3n) is 6.59. The molecular weight excluding hydrogens is 468 g/mol. The minimum absolute atomic E-state index is 0.148. The van der Waals surface area contributed by atoms with E-state index in [1.807, 2.05) is 60.7 Å². The monoisotopic (exact) mass is 492 g/mol. The lowest BCUT2D eigenvalue weighted by molar-refractivity contribution is -0.112. The zero-order valence-electron chi connectivity index (χ0n) is 19.6. The number of rotatable bonds is 5. The van der Waals surface area contributed by atoms with E-state index in [9.17, 15) is 9.59 Å². The highest BCUT2D eigenvalue weighted by atomic mass is 32.1. The van der Waals surface area contributed by atoms with E-state index in [0.29, 0.717) is 28.5 Å². The fourth-order valence-corrected chi connectivity index (χ4v) is 6.15. The molecule has 178 valence electrons. The third kappa shape index (κ3) is 4.12. The number of hydrogen-bond donors (Lipinski definition) is 1. The van der Waals surface area contributed by atoms with Crippen LogP contribution in [0.5, 0.6) is 0 Å². The second-order valence-corrected chi connectivity index (χ2v) is 10.0. The van der Waals surface area contributed by atoms with Crippen molar-refractivity contribution in [3.63, 3.8) is 0 Å². The number of aryl methyl sites for hydroxylation is 1. The molecule has 6 nitrogen and oxygen atoms in total.